The SMILES string of the molecule is O=S(=O)(c1ccc(Cl)s1)N1CCC(O)CC1. The van der Waals surface area contributed by atoms with Gasteiger partial charge < -0.3 is 5.11 Å². The predicted octanol–water partition coefficient (Wildman–Crippen LogP) is 1.55. The molecule has 7 heteroatoms. The maximum Gasteiger partial charge on any atom is 0.252 e. The first-order valence-corrected chi connectivity index (χ1v) is 7.57. The van der Waals surface area contributed by atoms with Crippen molar-refractivity contribution >= 4 is 33.0 Å². The lowest BCUT2D eigenvalue weighted by Crippen LogP contribution is -2.39. The zero-order valence-electron chi connectivity index (χ0n) is 8.47. The number of sulfonamides is 1. The number of hydrogen-bond acceptors (Lipinski definition) is 4. The summed E-state index contributed by atoms with van der Waals surface area (Å²) in [6.45, 7) is 0.748. The van der Waals surface area contributed by atoms with Gasteiger partial charge in [-0.2, -0.15) is 4.31 Å². The molecule has 16 heavy (non-hydrogen) atoms. The summed E-state index contributed by atoms with van der Waals surface area (Å²) in [5.41, 5.74) is 0. The Morgan fingerprint density at radius 1 is 1.38 bits per heavy atom. The van der Waals surface area contributed by atoms with Crippen LogP contribution in [0.3, 0.4) is 0 Å². The number of thiophene rings is 1. The molecule has 0 atom stereocenters. The molecule has 0 amide bonds. The monoisotopic (exact) mass is 281 g/mol. The summed E-state index contributed by atoms with van der Waals surface area (Å²) in [6.07, 6.45) is 0.620. The van der Waals surface area contributed by atoms with Gasteiger partial charge in [-0.1, -0.05) is 11.6 Å². The van der Waals surface area contributed by atoms with Crippen molar-refractivity contribution in [2.24, 2.45) is 0 Å². The highest BCUT2D eigenvalue weighted by Gasteiger charge is 2.29. The lowest BCUT2D eigenvalue weighted by atomic mass is 10.1. The van der Waals surface area contributed by atoms with E-state index in [2.05, 4.69) is 0 Å². The number of hydrogen-bond donors (Lipinski definition) is 1. The summed E-state index contributed by atoms with van der Waals surface area (Å²) < 4.78 is 26.4. The highest BCUT2D eigenvalue weighted by Crippen LogP contribution is 2.29. The minimum atomic E-state index is -3.41. The van der Waals surface area contributed by atoms with Gasteiger partial charge in [-0.05, 0) is 25.0 Å². The molecule has 1 saturated heterocycles. The maximum absolute atomic E-state index is 12.1. The molecule has 2 heterocycles. The predicted molar refractivity (Wildman–Crippen MR) is 63.3 cm³/mol. The standard InChI is InChI=1S/C9H12ClNO3S2/c10-8-1-2-9(15-8)16(13,14)11-5-3-7(12)4-6-11/h1-2,7,12H,3-6H2. The number of nitrogens with zero attached hydrogens (tertiary/aromatic N) is 1. The summed E-state index contributed by atoms with van der Waals surface area (Å²) in [5.74, 6) is 0. The van der Waals surface area contributed by atoms with Gasteiger partial charge >= 0.3 is 0 Å². The van der Waals surface area contributed by atoms with Crippen molar-refractivity contribution in [2.45, 2.75) is 23.2 Å². The van der Waals surface area contributed by atoms with E-state index in [-0.39, 0.29) is 10.3 Å². The number of aliphatic hydroxyl groups is 1. The van der Waals surface area contributed by atoms with E-state index in [1.54, 1.807) is 6.07 Å². The quantitative estimate of drug-likeness (QED) is 0.895. The van der Waals surface area contributed by atoms with E-state index >= 15 is 0 Å². The van der Waals surface area contributed by atoms with Crippen molar-refractivity contribution in [1.82, 2.24) is 4.31 Å². The van der Waals surface area contributed by atoms with Gasteiger partial charge in [0.25, 0.3) is 10.0 Å². The van der Waals surface area contributed by atoms with Crippen LogP contribution in [-0.4, -0.2) is 37.0 Å². The first kappa shape index (κ1) is 12.3. The Balaban J connectivity index is 2.20. The lowest BCUT2D eigenvalue weighted by Gasteiger charge is -2.28. The molecule has 90 valence electrons. The zero-order valence-corrected chi connectivity index (χ0v) is 10.9. The topological polar surface area (TPSA) is 57.6 Å². The average molecular weight is 282 g/mol. The van der Waals surface area contributed by atoms with Crippen molar-refractivity contribution in [2.75, 3.05) is 13.1 Å². The van der Waals surface area contributed by atoms with Crippen molar-refractivity contribution < 1.29 is 13.5 Å². The molecule has 2 rings (SSSR count). The average Bonchev–Trinajstić information content (AvgIpc) is 2.66. The van der Waals surface area contributed by atoms with Crippen LogP contribution in [0.25, 0.3) is 0 Å². The summed E-state index contributed by atoms with van der Waals surface area (Å²) in [4.78, 5) is 0. The van der Waals surface area contributed by atoms with Gasteiger partial charge in [0.2, 0.25) is 0 Å². The van der Waals surface area contributed by atoms with Crippen molar-refractivity contribution in [3.05, 3.63) is 16.5 Å². The van der Waals surface area contributed by atoms with E-state index in [1.807, 2.05) is 0 Å². The Morgan fingerprint density at radius 3 is 2.50 bits per heavy atom. The summed E-state index contributed by atoms with van der Waals surface area (Å²) in [7, 11) is -3.41. The Kier molecular flexibility index (Phi) is 3.56. The van der Waals surface area contributed by atoms with E-state index in [9.17, 15) is 13.5 Å². The van der Waals surface area contributed by atoms with Crippen LogP contribution >= 0.6 is 22.9 Å². The van der Waals surface area contributed by atoms with E-state index in [1.165, 1.54) is 10.4 Å². The molecule has 1 aliphatic heterocycles. The van der Waals surface area contributed by atoms with Crippen LogP contribution in [0.4, 0.5) is 0 Å². The third kappa shape index (κ3) is 2.41. The van der Waals surface area contributed by atoms with E-state index in [4.69, 9.17) is 11.6 Å². The Labute approximate surface area is 104 Å². The molecule has 0 aromatic carbocycles. The maximum atomic E-state index is 12.1. The minimum Gasteiger partial charge on any atom is -0.393 e. The van der Waals surface area contributed by atoms with Crippen LogP contribution in [0.1, 0.15) is 12.8 Å². The van der Waals surface area contributed by atoms with Gasteiger partial charge in [0.1, 0.15) is 4.21 Å². The number of piperidine rings is 1. The fourth-order valence-corrected chi connectivity index (χ4v) is 4.75. The molecule has 1 aliphatic rings. The molecule has 4 nitrogen and oxygen atoms in total. The van der Waals surface area contributed by atoms with E-state index in [0.717, 1.165) is 11.3 Å². The molecule has 0 unspecified atom stereocenters. The third-order valence-electron chi connectivity index (χ3n) is 2.57. The molecule has 1 fully saturated rings. The van der Waals surface area contributed by atoms with Gasteiger partial charge in [0.15, 0.2) is 0 Å². The van der Waals surface area contributed by atoms with Crippen LogP contribution in [0.15, 0.2) is 16.3 Å². The van der Waals surface area contributed by atoms with Crippen molar-refractivity contribution in [3.8, 4) is 0 Å². The largest absolute Gasteiger partial charge is 0.393 e. The smallest absolute Gasteiger partial charge is 0.252 e. The molecule has 0 saturated carbocycles. The fourth-order valence-electron chi connectivity index (χ4n) is 1.65. The molecule has 0 spiro atoms. The van der Waals surface area contributed by atoms with Crippen molar-refractivity contribution in [3.63, 3.8) is 0 Å². The van der Waals surface area contributed by atoms with Crippen molar-refractivity contribution in [1.29, 1.82) is 0 Å². The normalized spacial score (nSPS) is 20.1. The van der Waals surface area contributed by atoms with Crippen LogP contribution in [0.5, 0.6) is 0 Å². The van der Waals surface area contributed by atoms with Crippen LogP contribution < -0.4 is 0 Å². The molecule has 0 bridgehead atoms. The van der Waals surface area contributed by atoms with Crippen LogP contribution in [-0.2, 0) is 10.0 Å². The van der Waals surface area contributed by atoms with Crippen LogP contribution in [0, 0.1) is 0 Å². The highest BCUT2D eigenvalue weighted by atomic mass is 35.5. The van der Waals surface area contributed by atoms with Crippen LogP contribution in [0.2, 0.25) is 4.34 Å². The van der Waals surface area contributed by atoms with Gasteiger partial charge in [0.05, 0.1) is 10.4 Å². The Hall–Kier alpha value is -0.140. The molecule has 1 N–H and O–H groups in total. The summed E-state index contributed by atoms with van der Waals surface area (Å²) in [5, 5.41) is 9.33. The van der Waals surface area contributed by atoms with E-state index in [0.29, 0.717) is 30.3 Å². The van der Waals surface area contributed by atoms with Gasteiger partial charge in [0, 0.05) is 13.1 Å². The third-order valence-corrected chi connectivity index (χ3v) is 6.16. The molecular formula is C9H12ClNO3S2. The zero-order chi connectivity index (χ0) is 11.8. The minimum absolute atomic E-state index is 0.272. The highest BCUT2D eigenvalue weighted by molar-refractivity contribution is 7.91. The molecule has 0 radical (unpaired) electrons. The van der Waals surface area contributed by atoms with Gasteiger partial charge in [-0.3, -0.25) is 0 Å². The number of aliphatic hydroxyl groups excluding tert-OH is 1. The second-order valence-corrected chi connectivity index (χ2v) is 7.57. The van der Waals surface area contributed by atoms with E-state index < -0.39 is 10.0 Å². The Bertz CT molecular complexity index is 463. The summed E-state index contributed by atoms with van der Waals surface area (Å²) in [6, 6.07) is 3.10. The molecule has 1 aromatic rings. The lowest BCUT2D eigenvalue weighted by molar-refractivity contribution is 0.113. The number of rotatable bonds is 2. The summed E-state index contributed by atoms with van der Waals surface area (Å²) >= 11 is 6.79. The first-order valence-electron chi connectivity index (χ1n) is 4.94. The fraction of sp³-hybridized carbons (Fsp3) is 0.556. The second kappa shape index (κ2) is 4.62. The Morgan fingerprint density at radius 2 is 2.00 bits per heavy atom. The van der Waals surface area contributed by atoms with Gasteiger partial charge in [-0.25, -0.2) is 8.42 Å². The number of halogens is 1. The molecular weight excluding hydrogens is 270 g/mol. The first-order chi connectivity index (χ1) is 7.50. The molecule has 0 aliphatic carbocycles. The molecule has 1 aromatic heterocycles. The van der Waals surface area contributed by atoms with Gasteiger partial charge in [-0.15, -0.1) is 11.3 Å². The second-order valence-electron chi connectivity index (χ2n) is 3.69.